The third kappa shape index (κ3) is 5.88. The van der Waals surface area contributed by atoms with Crippen LogP contribution in [0.25, 0.3) is 6.08 Å². The SMILES string of the molecule is CCOc1ccc([C@H]2C(C(=O)OC)=CN=c3s/c(=C/c4cc(Cl)c(OC(C)C)c(OC)c4)c(=O)n32)cc1OCC. The average molecular weight is 587 g/mol. The molecule has 2 heterocycles. The summed E-state index contributed by atoms with van der Waals surface area (Å²) in [6.45, 7) is 8.41. The number of carbonyl (C=O) groups is 1. The van der Waals surface area contributed by atoms with Crippen LogP contribution in [0.1, 0.15) is 44.9 Å². The van der Waals surface area contributed by atoms with E-state index in [4.69, 9.17) is 35.3 Å². The molecule has 11 heteroatoms. The lowest BCUT2D eigenvalue weighted by atomic mass is 9.97. The van der Waals surface area contributed by atoms with Crippen molar-refractivity contribution in [1.82, 2.24) is 4.57 Å². The quantitative estimate of drug-likeness (QED) is 0.327. The van der Waals surface area contributed by atoms with E-state index in [0.717, 1.165) is 0 Å². The van der Waals surface area contributed by atoms with Gasteiger partial charge in [-0.3, -0.25) is 9.36 Å². The van der Waals surface area contributed by atoms with Crippen molar-refractivity contribution >= 4 is 35.0 Å². The van der Waals surface area contributed by atoms with Gasteiger partial charge in [-0.15, -0.1) is 0 Å². The van der Waals surface area contributed by atoms with Crippen molar-refractivity contribution in [1.29, 1.82) is 0 Å². The second-order valence-electron chi connectivity index (χ2n) is 8.95. The second-order valence-corrected chi connectivity index (χ2v) is 10.4. The molecule has 0 fully saturated rings. The van der Waals surface area contributed by atoms with Crippen molar-refractivity contribution < 1.29 is 28.5 Å². The van der Waals surface area contributed by atoms with Crippen LogP contribution in [0, 0.1) is 0 Å². The molecule has 0 radical (unpaired) electrons. The van der Waals surface area contributed by atoms with Crippen LogP contribution >= 0.6 is 22.9 Å². The number of fused-ring (bicyclic) bond motifs is 1. The van der Waals surface area contributed by atoms with Crippen LogP contribution in [0.5, 0.6) is 23.0 Å². The van der Waals surface area contributed by atoms with E-state index in [9.17, 15) is 9.59 Å². The van der Waals surface area contributed by atoms with Gasteiger partial charge in [-0.1, -0.05) is 29.0 Å². The number of nitrogens with zero attached hydrogens (tertiary/aromatic N) is 2. The minimum absolute atomic E-state index is 0.101. The van der Waals surface area contributed by atoms with Gasteiger partial charge < -0.3 is 23.7 Å². The Bertz CT molecular complexity index is 1620. The van der Waals surface area contributed by atoms with E-state index in [-0.39, 0.29) is 17.2 Å². The highest BCUT2D eigenvalue weighted by Crippen LogP contribution is 2.38. The first-order valence-corrected chi connectivity index (χ1v) is 13.9. The van der Waals surface area contributed by atoms with Crippen LogP contribution < -0.4 is 33.8 Å². The summed E-state index contributed by atoms with van der Waals surface area (Å²) in [5, 5.41) is 0.357. The van der Waals surface area contributed by atoms with Gasteiger partial charge in [-0.05, 0) is 69.2 Å². The van der Waals surface area contributed by atoms with Crippen LogP contribution in [0.4, 0.5) is 0 Å². The molecule has 0 saturated heterocycles. The minimum Gasteiger partial charge on any atom is -0.493 e. The number of hydrogen-bond donors (Lipinski definition) is 0. The summed E-state index contributed by atoms with van der Waals surface area (Å²) in [7, 11) is 2.82. The van der Waals surface area contributed by atoms with Crippen LogP contribution in [0.3, 0.4) is 0 Å². The van der Waals surface area contributed by atoms with E-state index >= 15 is 0 Å². The zero-order valence-electron chi connectivity index (χ0n) is 23.1. The molecule has 2 aromatic carbocycles. The number of rotatable bonds is 10. The van der Waals surface area contributed by atoms with Crippen LogP contribution in [0.15, 0.2) is 51.9 Å². The zero-order valence-corrected chi connectivity index (χ0v) is 24.7. The van der Waals surface area contributed by atoms with Crippen molar-refractivity contribution in [3.63, 3.8) is 0 Å². The number of esters is 1. The van der Waals surface area contributed by atoms with Crippen molar-refractivity contribution in [2.75, 3.05) is 27.4 Å². The van der Waals surface area contributed by atoms with Gasteiger partial charge in [-0.25, -0.2) is 9.79 Å². The topological polar surface area (TPSA) is 97.6 Å². The molecule has 1 aliphatic heterocycles. The largest absolute Gasteiger partial charge is 0.493 e. The van der Waals surface area contributed by atoms with Gasteiger partial charge in [0.1, 0.15) is 0 Å². The first-order valence-electron chi connectivity index (χ1n) is 12.7. The third-order valence-corrected chi connectivity index (χ3v) is 7.19. The monoisotopic (exact) mass is 586 g/mol. The molecule has 0 bridgehead atoms. The lowest BCUT2D eigenvalue weighted by molar-refractivity contribution is -0.136. The molecule has 0 N–H and O–H groups in total. The lowest BCUT2D eigenvalue weighted by Crippen LogP contribution is -2.39. The summed E-state index contributed by atoms with van der Waals surface area (Å²) in [6, 6.07) is 8.01. The molecule has 0 aliphatic carbocycles. The van der Waals surface area contributed by atoms with Crippen molar-refractivity contribution in [3.05, 3.63) is 77.9 Å². The highest BCUT2D eigenvalue weighted by atomic mass is 35.5. The van der Waals surface area contributed by atoms with Crippen molar-refractivity contribution in [2.24, 2.45) is 4.99 Å². The fraction of sp³-hybridized carbons (Fsp3) is 0.345. The number of carbonyl (C=O) groups excluding carboxylic acids is 1. The second kappa shape index (κ2) is 12.6. The molecule has 9 nitrogen and oxygen atoms in total. The van der Waals surface area contributed by atoms with Gasteiger partial charge in [0.2, 0.25) is 0 Å². The molecular weight excluding hydrogens is 556 g/mol. The van der Waals surface area contributed by atoms with E-state index in [1.54, 1.807) is 36.4 Å². The number of hydrogen-bond acceptors (Lipinski definition) is 9. The standard InChI is InChI=1S/C29H31ClN2O7S/c1-7-37-21-10-9-18(14-22(21)38-8-2)25-19(28(34)36-6)15-31-29-32(25)27(33)24(40-29)13-17-11-20(30)26(39-16(3)4)23(12-17)35-5/h9-16,25H,7-8H2,1-6H3/b24-13+/t25-/m0/s1. The fourth-order valence-electron chi connectivity index (χ4n) is 4.31. The maximum atomic E-state index is 13.8. The van der Waals surface area contributed by atoms with E-state index < -0.39 is 12.0 Å². The van der Waals surface area contributed by atoms with Crippen LogP contribution in [-0.4, -0.2) is 44.1 Å². The van der Waals surface area contributed by atoms with Gasteiger partial charge in [0.05, 0.1) is 54.7 Å². The van der Waals surface area contributed by atoms with Crippen molar-refractivity contribution in [3.8, 4) is 23.0 Å². The first-order chi connectivity index (χ1) is 19.2. The molecule has 0 saturated carbocycles. The molecule has 212 valence electrons. The molecule has 1 aliphatic rings. The number of benzene rings is 2. The van der Waals surface area contributed by atoms with E-state index in [1.165, 1.54) is 36.3 Å². The van der Waals surface area contributed by atoms with Gasteiger partial charge in [0, 0.05) is 6.20 Å². The Labute approximate surface area is 240 Å². The van der Waals surface area contributed by atoms with Gasteiger partial charge in [0.25, 0.3) is 5.56 Å². The highest BCUT2D eigenvalue weighted by molar-refractivity contribution is 7.07. The molecule has 4 rings (SSSR count). The normalized spacial score (nSPS) is 14.8. The Morgan fingerprint density at radius 2 is 1.82 bits per heavy atom. The number of methoxy groups -OCH3 is 2. The molecule has 0 spiro atoms. The predicted molar refractivity (Wildman–Crippen MR) is 154 cm³/mol. The maximum absolute atomic E-state index is 13.8. The Morgan fingerprint density at radius 3 is 2.48 bits per heavy atom. The van der Waals surface area contributed by atoms with Crippen molar-refractivity contribution in [2.45, 2.75) is 39.8 Å². The zero-order chi connectivity index (χ0) is 29.0. The molecule has 40 heavy (non-hydrogen) atoms. The van der Waals surface area contributed by atoms with Gasteiger partial charge in [-0.2, -0.15) is 0 Å². The third-order valence-electron chi connectivity index (χ3n) is 5.91. The minimum atomic E-state index is -0.791. The highest BCUT2D eigenvalue weighted by Gasteiger charge is 2.31. The summed E-state index contributed by atoms with van der Waals surface area (Å²) >= 11 is 7.70. The van der Waals surface area contributed by atoms with Crippen LogP contribution in [0.2, 0.25) is 5.02 Å². The number of aromatic nitrogens is 1. The van der Waals surface area contributed by atoms with Crippen LogP contribution in [-0.2, 0) is 9.53 Å². The van der Waals surface area contributed by atoms with Gasteiger partial charge >= 0.3 is 5.97 Å². The Balaban J connectivity index is 1.88. The molecule has 1 aromatic heterocycles. The first kappa shape index (κ1) is 29.2. The Morgan fingerprint density at radius 1 is 1.10 bits per heavy atom. The molecule has 0 unspecified atom stereocenters. The Kier molecular flexibility index (Phi) is 9.21. The molecule has 3 aromatic rings. The summed E-state index contributed by atoms with van der Waals surface area (Å²) in [5.41, 5.74) is 1.18. The van der Waals surface area contributed by atoms with Gasteiger partial charge in [0.15, 0.2) is 27.8 Å². The van der Waals surface area contributed by atoms with E-state index in [2.05, 4.69) is 4.99 Å². The predicted octanol–water partition coefficient (Wildman–Crippen LogP) is 4.26. The molecule has 0 amide bonds. The summed E-state index contributed by atoms with van der Waals surface area (Å²) in [4.78, 5) is 31.5. The summed E-state index contributed by atoms with van der Waals surface area (Å²) < 4.78 is 29.7. The number of thiazole rings is 1. The lowest BCUT2D eigenvalue weighted by Gasteiger charge is -2.23. The summed E-state index contributed by atoms with van der Waals surface area (Å²) in [5.74, 6) is 1.37. The fourth-order valence-corrected chi connectivity index (χ4v) is 5.54. The maximum Gasteiger partial charge on any atom is 0.337 e. The molecular formula is C29H31ClN2O7S. The van der Waals surface area contributed by atoms with E-state index in [1.807, 2.05) is 27.7 Å². The average Bonchev–Trinajstić information content (AvgIpc) is 3.24. The summed E-state index contributed by atoms with van der Waals surface area (Å²) in [6.07, 6.45) is 3.05. The Hall–Kier alpha value is -3.76. The van der Waals surface area contributed by atoms with E-state index in [0.29, 0.717) is 61.7 Å². The molecule has 1 atom stereocenters. The number of ether oxygens (including phenoxy) is 5. The number of halogens is 1. The smallest absolute Gasteiger partial charge is 0.337 e.